The van der Waals surface area contributed by atoms with Gasteiger partial charge < -0.3 is 19.5 Å². The average molecular weight is 493 g/mol. The number of nitrogens with zero attached hydrogens (tertiary/aromatic N) is 2. The van der Waals surface area contributed by atoms with E-state index in [9.17, 15) is 31.1 Å². The highest BCUT2D eigenvalue weighted by molar-refractivity contribution is 5.92. The van der Waals surface area contributed by atoms with Gasteiger partial charge in [-0.25, -0.2) is 4.68 Å². The van der Waals surface area contributed by atoms with Crippen LogP contribution in [-0.4, -0.2) is 54.3 Å². The number of carbonyl (C=O) groups excluding carboxylic acids is 1. The van der Waals surface area contributed by atoms with Crippen LogP contribution in [0, 0.1) is 5.92 Å². The molecule has 1 aromatic heterocycles. The molecule has 3 heterocycles. The second-order valence-corrected chi connectivity index (χ2v) is 8.19. The molecule has 0 saturated carbocycles. The van der Waals surface area contributed by atoms with Gasteiger partial charge in [0.1, 0.15) is 19.0 Å². The zero-order valence-corrected chi connectivity index (χ0v) is 17.7. The number of hydrogen-bond acceptors (Lipinski definition) is 5. The van der Waals surface area contributed by atoms with Gasteiger partial charge in [-0.3, -0.25) is 4.79 Å². The molecule has 0 bridgehead atoms. The molecule has 13 heteroatoms. The van der Waals surface area contributed by atoms with Crippen LogP contribution in [0.1, 0.15) is 28.0 Å². The fourth-order valence-corrected chi connectivity index (χ4v) is 3.77. The third kappa shape index (κ3) is 5.93. The predicted molar refractivity (Wildman–Crippen MR) is 105 cm³/mol. The summed E-state index contributed by atoms with van der Waals surface area (Å²) in [7, 11) is 0. The zero-order valence-electron chi connectivity index (χ0n) is 17.7. The molecule has 2 aromatic rings. The first-order valence-corrected chi connectivity index (χ1v) is 10.5. The van der Waals surface area contributed by atoms with Gasteiger partial charge >= 0.3 is 12.4 Å². The number of fused-ring (bicyclic) bond motifs is 2. The molecule has 2 aliphatic rings. The number of ether oxygens (including phenoxy) is 3. The van der Waals surface area contributed by atoms with Gasteiger partial charge in [-0.05, 0) is 36.6 Å². The lowest BCUT2D eigenvalue weighted by Crippen LogP contribution is -2.43. The number of aryl methyl sites for hydroxylation is 1. The van der Waals surface area contributed by atoms with Gasteiger partial charge in [-0.2, -0.15) is 31.4 Å². The zero-order chi connectivity index (χ0) is 24.5. The molecule has 0 radical (unpaired) electrons. The molecule has 1 amide bonds. The molecule has 186 valence electrons. The fraction of sp³-hybridized carbons (Fsp3) is 0.524. The van der Waals surface area contributed by atoms with Gasteiger partial charge in [0, 0.05) is 18.5 Å². The molecule has 4 rings (SSSR count). The number of carbonyl (C=O) groups is 1. The number of rotatable bonds is 5. The SMILES string of the molecule is O=C(N[C@H]1COc2ccc(C(F)(F)F)cc2C1)c1cc2n(n1)CCC(COCC(F)(F)F)CO2. The van der Waals surface area contributed by atoms with Crippen LogP contribution in [0.2, 0.25) is 0 Å². The molecule has 0 spiro atoms. The number of benzene rings is 1. The van der Waals surface area contributed by atoms with Crippen LogP contribution in [0.15, 0.2) is 24.3 Å². The summed E-state index contributed by atoms with van der Waals surface area (Å²) in [5.41, 5.74) is -0.398. The quantitative estimate of drug-likeness (QED) is 0.645. The van der Waals surface area contributed by atoms with Gasteiger partial charge in [0.2, 0.25) is 5.88 Å². The first-order valence-electron chi connectivity index (χ1n) is 10.5. The number of nitrogens with one attached hydrogen (secondary N) is 1. The molecule has 1 N–H and O–H groups in total. The number of halogens is 6. The maximum Gasteiger partial charge on any atom is 0.416 e. The van der Waals surface area contributed by atoms with E-state index in [0.717, 1.165) is 12.1 Å². The van der Waals surface area contributed by atoms with Crippen molar-refractivity contribution in [1.82, 2.24) is 15.1 Å². The van der Waals surface area contributed by atoms with Crippen molar-refractivity contribution in [3.05, 3.63) is 41.1 Å². The summed E-state index contributed by atoms with van der Waals surface area (Å²) in [6.45, 7) is -0.919. The molecule has 34 heavy (non-hydrogen) atoms. The Labute approximate surface area is 190 Å². The smallest absolute Gasteiger partial charge is 0.416 e. The average Bonchev–Trinajstić information content (AvgIpc) is 3.07. The minimum atomic E-state index is -4.48. The third-order valence-electron chi connectivity index (χ3n) is 5.44. The molecule has 1 aromatic carbocycles. The summed E-state index contributed by atoms with van der Waals surface area (Å²) >= 11 is 0. The van der Waals surface area contributed by atoms with Crippen LogP contribution in [0.5, 0.6) is 11.6 Å². The van der Waals surface area contributed by atoms with Crippen LogP contribution in [0.3, 0.4) is 0 Å². The van der Waals surface area contributed by atoms with E-state index in [1.165, 1.54) is 16.8 Å². The Morgan fingerprint density at radius 2 is 1.94 bits per heavy atom. The van der Waals surface area contributed by atoms with E-state index < -0.39 is 36.5 Å². The fourth-order valence-electron chi connectivity index (χ4n) is 3.77. The highest BCUT2D eigenvalue weighted by Gasteiger charge is 2.33. The molecule has 7 nitrogen and oxygen atoms in total. The summed E-state index contributed by atoms with van der Waals surface area (Å²) in [6, 6.07) is 4.08. The Morgan fingerprint density at radius 3 is 2.68 bits per heavy atom. The van der Waals surface area contributed by atoms with E-state index in [4.69, 9.17) is 14.2 Å². The topological polar surface area (TPSA) is 74.6 Å². The largest absolute Gasteiger partial charge is 0.491 e. The van der Waals surface area contributed by atoms with Crippen molar-refractivity contribution in [2.45, 2.75) is 37.8 Å². The Hall–Kier alpha value is -2.96. The molecule has 0 aliphatic carbocycles. The Bertz CT molecular complexity index is 1010. The Morgan fingerprint density at radius 1 is 1.15 bits per heavy atom. The Kier molecular flexibility index (Phi) is 6.65. The number of alkyl halides is 6. The molecule has 2 atom stereocenters. The summed E-state index contributed by atoms with van der Waals surface area (Å²) in [5, 5.41) is 6.90. The van der Waals surface area contributed by atoms with Crippen molar-refractivity contribution in [2.24, 2.45) is 5.92 Å². The maximum absolute atomic E-state index is 13.0. The van der Waals surface area contributed by atoms with E-state index >= 15 is 0 Å². The monoisotopic (exact) mass is 493 g/mol. The van der Waals surface area contributed by atoms with Crippen molar-refractivity contribution < 1.29 is 45.3 Å². The van der Waals surface area contributed by atoms with Crippen molar-refractivity contribution in [3.8, 4) is 11.6 Å². The molecule has 0 fully saturated rings. The summed E-state index contributed by atoms with van der Waals surface area (Å²) in [4.78, 5) is 12.6. The molecule has 2 aliphatic heterocycles. The predicted octanol–water partition coefficient (Wildman–Crippen LogP) is 3.61. The van der Waals surface area contributed by atoms with Gasteiger partial charge in [-0.15, -0.1) is 0 Å². The number of amides is 1. The summed E-state index contributed by atoms with van der Waals surface area (Å²) in [6.07, 6.45) is -8.27. The summed E-state index contributed by atoms with van der Waals surface area (Å²) < 4.78 is 92.8. The van der Waals surface area contributed by atoms with Crippen molar-refractivity contribution in [2.75, 3.05) is 26.4 Å². The third-order valence-corrected chi connectivity index (χ3v) is 5.44. The molecular formula is C21H21F6N3O4. The van der Waals surface area contributed by atoms with Gasteiger partial charge in [0.05, 0.1) is 24.8 Å². The minimum Gasteiger partial charge on any atom is -0.491 e. The van der Waals surface area contributed by atoms with E-state index in [-0.39, 0.29) is 37.9 Å². The standard InChI is InChI=1S/C21H21F6N3O4/c22-20(23,24)11-32-8-12-3-4-30-18(34-9-12)7-16(29-30)19(31)28-15-6-13-5-14(21(25,26)27)1-2-17(13)33-10-15/h1-2,5,7,12,15H,3-4,6,8-11H2,(H,28,31)/t12?,15-/m1/s1. The van der Waals surface area contributed by atoms with E-state index in [0.29, 0.717) is 30.2 Å². The van der Waals surface area contributed by atoms with Crippen LogP contribution < -0.4 is 14.8 Å². The van der Waals surface area contributed by atoms with Gasteiger partial charge in [-0.1, -0.05) is 0 Å². The minimum absolute atomic E-state index is 0.0524. The first-order chi connectivity index (χ1) is 16.0. The first kappa shape index (κ1) is 24.2. The van der Waals surface area contributed by atoms with Crippen LogP contribution in [0.4, 0.5) is 26.3 Å². The Balaban J connectivity index is 1.33. The lowest BCUT2D eigenvalue weighted by Gasteiger charge is -2.26. The molecule has 1 unspecified atom stereocenters. The van der Waals surface area contributed by atoms with Crippen LogP contribution in [0.25, 0.3) is 0 Å². The van der Waals surface area contributed by atoms with Gasteiger partial charge in [0.15, 0.2) is 5.69 Å². The second-order valence-electron chi connectivity index (χ2n) is 8.19. The van der Waals surface area contributed by atoms with Crippen molar-refractivity contribution in [1.29, 1.82) is 0 Å². The lowest BCUT2D eigenvalue weighted by molar-refractivity contribution is -0.177. The maximum atomic E-state index is 13.0. The van der Waals surface area contributed by atoms with Gasteiger partial charge in [0.25, 0.3) is 5.91 Å². The van der Waals surface area contributed by atoms with E-state index in [1.54, 1.807) is 0 Å². The highest BCUT2D eigenvalue weighted by Crippen LogP contribution is 2.34. The summed E-state index contributed by atoms with van der Waals surface area (Å²) in [5.74, 6) is -0.168. The van der Waals surface area contributed by atoms with E-state index in [1.807, 2.05) is 0 Å². The second kappa shape index (κ2) is 9.35. The van der Waals surface area contributed by atoms with Crippen LogP contribution in [-0.2, 0) is 23.9 Å². The number of aromatic nitrogens is 2. The number of hydrogen-bond donors (Lipinski definition) is 1. The normalized spacial score (nSPS) is 20.4. The lowest BCUT2D eigenvalue weighted by atomic mass is 10.00. The van der Waals surface area contributed by atoms with E-state index in [2.05, 4.69) is 10.4 Å². The molecular weight excluding hydrogens is 472 g/mol. The van der Waals surface area contributed by atoms with Crippen molar-refractivity contribution >= 4 is 5.91 Å². The molecule has 0 saturated heterocycles. The van der Waals surface area contributed by atoms with Crippen LogP contribution >= 0.6 is 0 Å². The highest BCUT2D eigenvalue weighted by atomic mass is 19.4. The van der Waals surface area contributed by atoms with Crippen molar-refractivity contribution in [3.63, 3.8) is 0 Å².